The molecule has 0 saturated heterocycles. The highest BCUT2D eigenvalue weighted by molar-refractivity contribution is 5.34. The van der Waals surface area contributed by atoms with E-state index in [0.717, 1.165) is 31.0 Å². The van der Waals surface area contributed by atoms with Crippen LogP contribution in [0.15, 0.2) is 12.4 Å². The van der Waals surface area contributed by atoms with Crippen LogP contribution in [0.3, 0.4) is 0 Å². The summed E-state index contributed by atoms with van der Waals surface area (Å²) in [5.74, 6) is 0.949. The van der Waals surface area contributed by atoms with Crippen molar-refractivity contribution in [3.05, 3.63) is 18.1 Å². The van der Waals surface area contributed by atoms with Gasteiger partial charge in [-0.2, -0.15) is 0 Å². The van der Waals surface area contributed by atoms with Crippen LogP contribution in [0.2, 0.25) is 0 Å². The van der Waals surface area contributed by atoms with Crippen molar-refractivity contribution < 1.29 is 0 Å². The summed E-state index contributed by atoms with van der Waals surface area (Å²) in [7, 11) is 2.05. The van der Waals surface area contributed by atoms with Gasteiger partial charge in [-0.3, -0.25) is 4.98 Å². The second-order valence-corrected chi connectivity index (χ2v) is 4.33. The average Bonchev–Trinajstić information content (AvgIpc) is 2.27. The van der Waals surface area contributed by atoms with E-state index in [-0.39, 0.29) is 0 Å². The van der Waals surface area contributed by atoms with Gasteiger partial charge >= 0.3 is 0 Å². The normalized spacial score (nSPS) is 10.8. The van der Waals surface area contributed by atoms with Gasteiger partial charge in [0.25, 0.3) is 0 Å². The van der Waals surface area contributed by atoms with E-state index in [0.29, 0.717) is 6.04 Å². The first-order valence-electron chi connectivity index (χ1n) is 5.89. The Hall–Kier alpha value is -1.16. The summed E-state index contributed by atoms with van der Waals surface area (Å²) in [5, 5.41) is 3.34. The number of anilines is 1. The summed E-state index contributed by atoms with van der Waals surface area (Å²) in [5.41, 5.74) is 0.995. The molecule has 4 heteroatoms. The summed E-state index contributed by atoms with van der Waals surface area (Å²) < 4.78 is 0. The van der Waals surface area contributed by atoms with E-state index in [1.165, 1.54) is 0 Å². The van der Waals surface area contributed by atoms with Crippen LogP contribution < -0.4 is 10.2 Å². The van der Waals surface area contributed by atoms with Crippen LogP contribution in [0.25, 0.3) is 0 Å². The van der Waals surface area contributed by atoms with E-state index in [1.807, 2.05) is 19.4 Å². The molecule has 0 fully saturated rings. The smallest absolute Gasteiger partial charge is 0.147 e. The lowest BCUT2D eigenvalue weighted by atomic mass is 10.3. The second-order valence-electron chi connectivity index (χ2n) is 4.33. The number of aromatic nitrogens is 2. The molecule has 0 spiro atoms. The average molecular weight is 222 g/mol. The highest BCUT2D eigenvalue weighted by Crippen LogP contribution is 2.07. The van der Waals surface area contributed by atoms with E-state index in [1.54, 1.807) is 0 Å². The Morgan fingerprint density at radius 1 is 1.38 bits per heavy atom. The fraction of sp³-hybridized carbons (Fsp3) is 0.667. The van der Waals surface area contributed by atoms with Gasteiger partial charge in [0.2, 0.25) is 0 Å². The molecule has 0 aliphatic rings. The van der Waals surface area contributed by atoms with Gasteiger partial charge in [0.15, 0.2) is 0 Å². The van der Waals surface area contributed by atoms with Gasteiger partial charge in [0, 0.05) is 32.4 Å². The lowest BCUT2D eigenvalue weighted by molar-refractivity contribution is 0.580. The molecule has 0 radical (unpaired) electrons. The van der Waals surface area contributed by atoms with Gasteiger partial charge in [-0.15, -0.1) is 0 Å². The molecule has 1 N–H and O–H groups in total. The fourth-order valence-corrected chi connectivity index (χ4v) is 1.42. The van der Waals surface area contributed by atoms with E-state index < -0.39 is 0 Å². The van der Waals surface area contributed by atoms with E-state index >= 15 is 0 Å². The molecule has 1 rings (SSSR count). The maximum Gasteiger partial charge on any atom is 0.147 e. The summed E-state index contributed by atoms with van der Waals surface area (Å²) in [4.78, 5) is 10.9. The van der Waals surface area contributed by atoms with Gasteiger partial charge in [0.05, 0.1) is 11.9 Å². The summed E-state index contributed by atoms with van der Waals surface area (Å²) in [6.07, 6.45) is 4.75. The molecule has 4 nitrogen and oxygen atoms in total. The Kier molecular flexibility index (Phi) is 5.19. The van der Waals surface area contributed by atoms with Gasteiger partial charge in [-0.05, 0) is 6.42 Å². The molecule has 0 bridgehead atoms. The zero-order valence-corrected chi connectivity index (χ0v) is 10.7. The minimum absolute atomic E-state index is 0.471. The number of nitrogens with one attached hydrogen (secondary N) is 1. The molecule has 0 aliphatic carbocycles. The van der Waals surface area contributed by atoms with Crippen LogP contribution in [0, 0.1) is 0 Å². The van der Waals surface area contributed by atoms with Crippen molar-refractivity contribution in [1.82, 2.24) is 15.3 Å². The molecule has 0 saturated carbocycles. The lowest BCUT2D eigenvalue weighted by Gasteiger charge is -2.17. The standard InChI is InChI=1S/C12H22N4/c1-5-6-16(4)12-9-13-7-11(15-12)8-14-10(2)3/h7,9-10,14H,5-6,8H2,1-4H3. The van der Waals surface area contributed by atoms with Crippen molar-refractivity contribution in [2.75, 3.05) is 18.5 Å². The lowest BCUT2D eigenvalue weighted by Crippen LogP contribution is -2.24. The highest BCUT2D eigenvalue weighted by Gasteiger charge is 2.03. The zero-order chi connectivity index (χ0) is 12.0. The molecule has 0 aromatic carbocycles. The van der Waals surface area contributed by atoms with Crippen molar-refractivity contribution in [3.63, 3.8) is 0 Å². The van der Waals surface area contributed by atoms with Crippen LogP contribution >= 0.6 is 0 Å². The molecular formula is C12H22N4. The van der Waals surface area contributed by atoms with Gasteiger partial charge in [-0.25, -0.2) is 4.98 Å². The fourth-order valence-electron chi connectivity index (χ4n) is 1.42. The number of hydrogen-bond donors (Lipinski definition) is 1. The third kappa shape index (κ3) is 4.14. The molecule has 1 aromatic heterocycles. The van der Waals surface area contributed by atoms with Crippen LogP contribution in [0.4, 0.5) is 5.82 Å². The SMILES string of the molecule is CCCN(C)c1cncc(CNC(C)C)n1. The Morgan fingerprint density at radius 2 is 2.12 bits per heavy atom. The minimum Gasteiger partial charge on any atom is -0.358 e. The summed E-state index contributed by atoms with van der Waals surface area (Å²) >= 11 is 0. The van der Waals surface area contributed by atoms with Crippen molar-refractivity contribution in [2.24, 2.45) is 0 Å². The van der Waals surface area contributed by atoms with Gasteiger partial charge < -0.3 is 10.2 Å². The Balaban J connectivity index is 2.63. The van der Waals surface area contributed by atoms with Crippen LogP contribution in [0.5, 0.6) is 0 Å². The first-order valence-corrected chi connectivity index (χ1v) is 5.89. The van der Waals surface area contributed by atoms with E-state index in [4.69, 9.17) is 0 Å². The molecule has 16 heavy (non-hydrogen) atoms. The second kappa shape index (κ2) is 6.43. The van der Waals surface area contributed by atoms with Crippen molar-refractivity contribution in [3.8, 4) is 0 Å². The van der Waals surface area contributed by atoms with Crippen molar-refractivity contribution >= 4 is 5.82 Å². The first-order chi connectivity index (χ1) is 7.63. The number of rotatable bonds is 6. The predicted octanol–water partition coefficient (Wildman–Crippen LogP) is 1.82. The van der Waals surface area contributed by atoms with E-state index in [2.05, 4.69) is 41.0 Å². The Labute approximate surface area is 98.1 Å². The van der Waals surface area contributed by atoms with Crippen LogP contribution in [-0.2, 0) is 6.54 Å². The van der Waals surface area contributed by atoms with Crippen LogP contribution in [0.1, 0.15) is 32.9 Å². The quantitative estimate of drug-likeness (QED) is 0.797. The molecule has 0 amide bonds. The summed E-state index contributed by atoms with van der Waals surface area (Å²) in [6.45, 7) is 8.20. The third-order valence-electron chi connectivity index (χ3n) is 2.31. The monoisotopic (exact) mass is 222 g/mol. The van der Waals surface area contributed by atoms with Crippen molar-refractivity contribution in [2.45, 2.75) is 39.8 Å². The molecule has 0 atom stereocenters. The molecule has 90 valence electrons. The van der Waals surface area contributed by atoms with Crippen molar-refractivity contribution in [1.29, 1.82) is 0 Å². The zero-order valence-electron chi connectivity index (χ0n) is 10.7. The highest BCUT2D eigenvalue weighted by atomic mass is 15.2. The number of hydrogen-bond acceptors (Lipinski definition) is 4. The topological polar surface area (TPSA) is 41.1 Å². The van der Waals surface area contributed by atoms with Crippen LogP contribution in [-0.4, -0.2) is 29.6 Å². The molecule has 1 aromatic rings. The summed E-state index contributed by atoms with van der Waals surface area (Å²) in [6, 6.07) is 0.471. The Morgan fingerprint density at radius 3 is 2.75 bits per heavy atom. The molecule has 0 aliphatic heterocycles. The predicted molar refractivity (Wildman–Crippen MR) is 67.6 cm³/mol. The van der Waals surface area contributed by atoms with E-state index in [9.17, 15) is 0 Å². The molecular weight excluding hydrogens is 200 g/mol. The molecule has 0 unspecified atom stereocenters. The maximum atomic E-state index is 4.56. The maximum absolute atomic E-state index is 4.56. The minimum atomic E-state index is 0.471. The third-order valence-corrected chi connectivity index (χ3v) is 2.31. The van der Waals surface area contributed by atoms with Gasteiger partial charge in [0.1, 0.15) is 5.82 Å². The molecule has 1 heterocycles. The largest absolute Gasteiger partial charge is 0.358 e. The Bertz CT molecular complexity index is 312. The first kappa shape index (κ1) is 12.9. The van der Waals surface area contributed by atoms with Gasteiger partial charge in [-0.1, -0.05) is 20.8 Å². The number of nitrogens with zero attached hydrogens (tertiary/aromatic N) is 3.